The molecule has 0 saturated carbocycles. The van der Waals surface area contributed by atoms with Gasteiger partial charge in [-0.15, -0.1) is 11.3 Å². The minimum atomic E-state index is -0.316. The average Bonchev–Trinajstić information content (AvgIpc) is 3.07. The topological polar surface area (TPSA) is 99.2 Å². The summed E-state index contributed by atoms with van der Waals surface area (Å²) >= 11 is 1.34. The summed E-state index contributed by atoms with van der Waals surface area (Å²) in [6, 6.07) is 11.6. The number of rotatable bonds is 5. The maximum atomic E-state index is 12.3. The molecule has 0 bridgehead atoms. The number of anilines is 2. The summed E-state index contributed by atoms with van der Waals surface area (Å²) in [5.74, 6) is -0.746. The zero-order valence-corrected chi connectivity index (χ0v) is 15.3. The first kappa shape index (κ1) is 18.0. The number of amides is 2. The first-order valence-corrected chi connectivity index (χ1v) is 9.31. The van der Waals surface area contributed by atoms with Gasteiger partial charge in [0.1, 0.15) is 11.1 Å². The molecule has 1 aromatic heterocycles. The van der Waals surface area contributed by atoms with E-state index < -0.39 is 0 Å². The monoisotopic (exact) mass is 368 g/mol. The fraction of sp³-hybridized carbons (Fsp3) is 0.316. The quantitative estimate of drug-likeness (QED) is 0.847. The molecular formula is C19H20N4O2S. The van der Waals surface area contributed by atoms with Crippen LogP contribution >= 0.6 is 11.3 Å². The van der Waals surface area contributed by atoms with Crippen molar-refractivity contribution >= 4 is 33.8 Å². The Kier molecular flexibility index (Phi) is 5.24. The Morgan fingerprint density at radius 1 is 1.38 bits per heavy atom. The Balaban J connectivity index is 1.71. The molecule has 2 atom stereocenters. The average molecular weight is 368 g/mol. The molecule has 1 aliphatic heterocycles. The second-order valence-corrected chi connectivity index (χ2v) is 7.28. The number of hydrogen-bond donors (Lipinski definition) is 2. The second kappa shape index (κ2) is 7.58. The third-order valence-corrected chi connectivity index (χ3v) is 5.52. The number of fused-ring (bicyclic) bond motifs is 1. The predicted molar refractivity (Wildman–Crippen MR) is 102 cm³/mol. The highest BCUT2D eigenvalue weighted by atomic mass is 32.1. The van der Waals surface area contributed by atoms with Gasteiger partial charge in [-0.25, -0.2) is 0 Å². The van der Waals surface area contributed by atoms with Crippen LogP contribution in [0.3, 0.4) is 0 Å². The van der Waals surface area contributed by atoms with E-state index in [0.29, 0.717) is 30.0 Å². The van der Waals surface area contributed by atoms with Crippen molar-refractivity contribution in [2.75, 3.05) is 16.8 Å². The van der Waals surface area contributed by atoms with E-state index in [1.54, 1.807) is 11.4 Å². The van der Waals surface area contributed by atoms with Gasteiger partial charge in [0.2, 0.25) is 11.8 Å². The third-order valence-electron chi connectivity index (χ3n) is 4.69. The van der Waals surface area contributed by atoms with Crippen molar-refractivity contribution in [1.29, 1.82) is 5.26 Å². The lowest BCUT2D eigenvalue weighted by atomic mass is 9.85. The van der Waals surface area contributed by atoms with Crippen LogP contribution in [-0.2, 0) is 9.59 Å². The van der Waals surface area contributed by atoms with Gasteiger partial charge in [0.15, 0.2) is 0 Å². The SMILES string of the molecule is C[C@H]1C[C@H](C(N)=O)c2ccccc2N1CCC(=O)Nc1sccc1C#N. The number of primary amides is 1. The van der Waals surface area contributed by atoms with Gasteiger partial charge in [-0.2, -0.15) is 5.26 Å². The normalized spacial score (nSPS) is 18.7. The van der Waals surface area contributed by atoms with Gasteiger partial charge < -0.3 is 16.0 Å². The molecule has 0 radical (unpaired) electrons. The molecule has 0 spiro atoms. The second-order valence-electron chi connectivity index (χ2n) is 6.37. The van der Waals surface area contributed by atoms with Crippen molar-refractivity contribution in [2.24, 2.45) is 5.73 Å². The summed E-state index contributed by atoms with van der Waals surface area (Å²) in [7, 11) is 0. The lowest BCUT2D eigenvalue weighted by molar-refractivity contribution is -0.120. The summed E-state index contributed by atoms with van der Waals surface area (Å²) < 4.78 is 0. The van der Waals surface area contributed by atoms with Gasteiger partial charge >= 0.3 is 0 Å². The molecule has 2 aromatic rings. The molecule has 134 valence electrons. The van der Waals surface area contributed by atoms with Crippen LogP contribution in [-0.4, -0.2) is 24.4 Å². The predicted octanol–water partition coefficient (Wildman–Crippen LogP) is 2.82. The van der Waals surface area contributed by atoms with Crippen molar-refractivity contribution in [3.05, 3.63) is 46.8 Å². The fourth-order valence-electron chi connectivity index (χ4n) is 3.39. The molecule has 3 rings (SSSR count). The van der Waals surface area contributed by atoms with Gasteiger partial charge in [-0.3, -0.25) is 9.59 Å². The Bertz CT molecular complexity index is 870. The van der Waals surface area contributed by atoms with Gasteiger partial charge in [0.05, 0.1) is 11.5 Å². The van der Waals surface area contributed by atoms with E-state index in [2.05, 4.69) is 16.3 Å². The maximum absolute atomic E-state index is 12.3. The Hall–Kier alpha value is -2.85. The number of hydrogen-bond acceptors (Lipinski definition) is 5. The molecule has 26 heavy (non-hydrogen) atoms. The fourth-order valence-corrected chi connectivity index (χ4v) is 4.15. The van der Waals surface area contributed by atoms with Crippen molar-refractivity contribution in [3.8, 4) is 6.07 Å². The molecule has 2 amide bonds. The number of carbonyl (C=O) groups is 2. The number of carbonyl (C=O) groups excluding carboxylic acids is 2. The van der Waals surface area contributed by atoms with Crippen molar-refractivity contribution in [1.82, 2.24) is 0 Å². The minimum Gasteiger partial charge on any atom is -0.369 e. The molecule has 7 heteroatoms. The molecular weight excluding hydrogens is 348 g/mol. The van der Waals surface area contributed by atoms with Crippen molar-refractivity contribution in [2.45, 2.75) is 31.7 Å². The summed E-state index contributed by atoms with van der Waals surface area (Å²) in [6.07, 6.45) is 0.931. The molecule has 2 heterocycles. The molecule has 0 aliphatic carbocycles. The van der Waals surface area contributed by atoms with Crippen LogP contribution in [0.1, 0.15) is 36.8 Å². The van der Waals surface area contributed by atoms with Gasteiger partial charge in [-0.05, 0) is 36.4 Å². The zero-order valence-electron chi connectivity index (χ0n) is 14.4. The summed E-state index contributed by atoms with van der Waals surface area (Å²) in [6.45, 7) is 2.57. The van der Waals surface area contributed by atoms with Crippen LogP contribution < -0.4 is 16.0 Å². The lowest BCUT2D eigenvalue weighted by Gasteiger charge is -2.40. The number of para-hydroxylation sites is 1. The molecule has 3 N–H and O–H groups in total. The summed E-state index contributed by atoms with van der Waals surface area (Å²) in [5, 5.41) is 14.2. The molecule has 0 saturated heterocycles. The summed E-state index contributed by atoms with van der Waals surface area (Å²) in [5.41, 5.74) is 7.92. The van der Waals surface area contributed by atoms with Crippen molar-refractivity contribution in [3.63, 3.8) is 0 Å². The van der Waals surface area contributed by atoms with E-state index >= 15 is 0 Å². The Morgan fingerprint density at radius 3 is 2.88 bits per heavy atom. The highest BCUT2D eigenvalue weighted by Crippen LogP contribution is 2.38. The Morgan fingerprint density at radius 2 is 2.15 bits per heavy atom. The van der Waals surface area contributed by atoms with E-state index in [1.807, 2.05) is 31.2 Å². The molecule has 6 nitrogen and oxygen atoms in total. The van der Waals surface area contributed by atoms with Crippen LogP contribution in [0.2, 0.25) is 0 Å². The maximum Gasteiger partial charge on any atom is 0.226 e. The van der Waals surface area contributed by atoms with E-state index in [0.717, 1.165) is 11.3 Å². The Labute approximate surface area is 156 Å². The number of nitriles is 1. The molecule has 0 unspecified atom stereocenters. The highest BCUT2D eigenvalue weighted by Gasteiger charge is 2.32. The van der Waals surface area contributed by atoms with Crippen LogP contribution in [0.25, 0.3) is 0 Å². The van der Waals surface area contributed by atoms with Gasteiger partial charge in [0.25, 0.3) is 0 Å². The first-order chi connectivity index (χ1) is 12.5. The molecule has 1 aromatic carbocycles. The third kappa shape index (κ3) is 3.55. The molecule has 1 aliphatic rings. The zero-order chi connectivity index (χ0) is 18.7. The van der Waals surface area contributed by atoms with E-state index in [9.17, 15) is 9.59 Å². The standard InChI is InChI=1S/C19H20N4O2S/c1-12-10-15(18(21)25)14-4-2-3-5-16(14)23(12)8-6-17(24)22-19-13(11-20)7-9-26-19/h2-5,7,9,12,15H,6,8,10H2,1H3,(H2,21,25)(H,22,24)/t12-,15-/m0/s1. The number of nitrogens with one attached hydrogen (secondary N) is 1. The minimum absolute atomic E-state index is 0.103. The van der Waals surface area contributed by atoms with Gasteiger partial charge in [-0.1, -0.05) is 18.2 Å². The largest absolute Gasteiger partial charge is 0.369 e. The first-order valence-electron chi connectivity index (χ1n) is 8.43. The number of nitrogens with zero attached hydrogens (tertiary/aromatic N) is 2. The number of nitrogens with two attached hydrogens (primary N) is 1. The van der Waals surface area contributed by atoms with E-state index in [-0.39, 0.29) is 23.8 Å². The van der Waals surface area contributed by atoms with Crippen LogP contribution in [0.4, 0.5) is 10.7 Å². The van der Waals surface area contributed by atoms with E-state index in [4.69, 9.17) is 11.0 Å². The van der Waals surface area contributed by atoms with Gasteiger partial charge in [0, 0.05) is 24.7 Å². The molecule has 0 fully saturated rings. The summed E-state index contributed by atoms with van der Waals surface area (Å²) in [4.78, 5) is 26.2. The van der Waals surface area contributed by atoms with Crippen LogP contribution in [0.15, 0.2) is 35.7 Å². The smallest absolute Gasteiger partial charge is 0.226 e. The highest BCUT2D eigenvalue weighted by molar-refractivity contribution is 7.14. The van der Waals surface area contributed by atoms with Crippen LogP contribution in [0, 0.1) is 11.3 Å². The number of benzene rings is 1. The van der Waals surface area contributed by atoms with E-state index in [1.165, 1.54) is 11.3 Å². The number of thiophene rings is 1. The van der Waals surface area contributed by atoms with Crippen LogP contribution in [0.5, 0.6) is 0 Å². The lowest BCUT2D eigenvalue weighted by Crippen LogP contribution is -2.43. The van der Waals surface area contributed by atoms with Crippen molar-refractivity contribution < 1.29 is 9.59 Å².